The number of carbonyl (C=O) groups is 2. The Labute approximate surface area is 179 Å². The first-order valence-electron chi connectivity index (χ1n) is 9.00. The van der Waals surface area contributed by atoms with Crippen LogP contribution in [0, 0.1) is 0 Å². The van der Waals surface area contributed by atoms with Crippen molar-refractivity contribution in [1.82, 2.24) is 0 Å². The van der Waals surface area contributed by atoms with Gasteiger partial charge in [0.15, 0.2) is 5.25 Å². The predicted molar refractivity (Wildman–Crippen MR) is 92.4 cm³/mol. The van der Waals surface area contributed by atoms with Crippen molar-refractivity contribution in [2.75, 3.05) is 0 Å². The summed E-state index contributed by atoms with van der Waals surface area (Å²) in [5, 5.41) is 8.58. The summed E-state index contributed by atoms with van der Waals surface area (Å²) < 4.78 is 37.4. The number of hydrogen-bond donors (Lipinski definition) is 1. The number of rotatable bonds is 14. The van der Waals surface area contributed by atoms with Gasteiger partial charge < -0.3 is 14.6 Å². The van der Waals surface area contributed by atoms with Gasteiger partial charge in [0.25, 0.3) is 10.1 Å². The Kier molecular flexibility index (Phi) is 15.0. The van der Waals surface area contributed by atoms with Crippen molar-refractivity contribution in [3.8, 4) is 0 Å². The molecule has 0 radical (unpaired) electrons. The van der Waals surface area contributed by atoms with E-state index in [1.807, 2.05) is 13.8 Å². The maximum absolute atomic E-state index is 12.3. The van der Waals surface area contributed by atoms with Crippen LogP contribution < -0.4 is 34.7 Å². The normalized spacial score (nSPS) is 12.9. The molecule has 1 unspecified atom stereocenters. The second-order valence-electron chi connectivity index (χ2n) is 6.49. The van der Waals surface area contributed by atoms with E-state index in [0.29, 0.717) is 19.3 Å². The van der Waals surface area contributed by atoms with E-state index in [1.54, 1.807) is 0 Å². The summed E-state index contributed by atoms with van der Waals surface area (Å²) >= 11 is 0. The Morgan fingerprint density at radius 3 is 1.92 bits per heavy atom. The van der Waals surface area contributed by atoms with Crippen molar-refractivity contribution in [3.63, 3.8) is 0 Å². The van der Waals surface area contributed by atoms with Crippen molar-refractivity contribution in [2.45, 2.75) is 95.8 Å². The van der Waals surface area contributed by atoms with Gasteiger partial charge >= 0.3 is 35.5 Å². The van der Waals surface area contributed by atoms with Crippen molar-refractivity contribution in [3.05, 3.63) is 0 Å². The number of carboxylic acids is 1. The van der Waals surface area contributed by atoms with Gasteiger partial charge in [0.1, 0.15) is 5.60 Å². The Bertz CT molecular complexity index is 513. The van der Waals surface area contributed by atoms with Crippen molar-refractivity contribution < 1.29 is 62.0 Å². The number of unbranched alkanes of at least 4 members (excludes halogenated alkanes) is 3. The SMILES string of the molecule is CCCCCCC(CCC)(CCC)OC(=O)C(CC(=O)[O-])S(=O)(=O)O.[Na+]. The predicted octanol–water partition coefficient (Wildman–Crippen LogP) is -0.761. The van der Waals surface area contributed by atoms with Crippen LogP contribution in [-0.2, 0) is 24.4 Å². The minimum Gasteiger partial charge on any atom is -0.550 e. The molecule has 26 heavy (non-hydrogen) atoms. The molecule has 0 aliphatic heterocycles. The van der Waals surface area contributed by atoms with E-state index in [9.17, 15) is 27.7 Å². The van der Waals surface area contributed by atoms with Gasteiger partial charge in [0, 0.05) is 12.4 Å². The van der Waals surface area contributed by atoms with Crippen LogP contribution in [0.25, 0.3) is 0 Å². The molecule has 0 rings (SSSR count). The first-order valence-corrected chi connectivity index (χ1v) is 10.5. The molecule has 0 saturated carbocycles. The summed E-state index contributed by atoms with van der Waals surface area (Å²) in [4.78, 5) is 23.1. The van der Waals surface area contributed by atoms with Gasteiger partial charge in [0.2, 0.25) is 0 Å². The number of carbonyl (C=O) groups excluding carboxylic acids is 2. The molecular formula is C17H31NaO7S. The second-order valence-corrected chi connectivity index (χ2v) is 8.09. The van der Waals surface area contributed by atoms with Gasteiger partial charge in [-0.1, -0.05) is 52.9 Å². The molecule has 0 fully saturated rings. The van der Waals surface area contributed by atoms with Gasteiger partial charge in [-0.3, -0.25) is 9.35 Å². The molecule has 0 bridgehead atoms. The summed E-state index contributed by atoms with van der Waals surface area (Å²) in [6.45, 7) is 5.96. The molecule has 0 saturated heterocycles. The molecule has 0 aromatic carbocycles. The summed E-state index contributed by atoms with van der Waals surface area (Å²) in [5.74, 6) is -2.96. The molecule has 9 heteroatoms. The molecule has 0 spiro atoms. The Hall–Kier alpha value is -0.150. The Morgan fingerprint density at radius 2 is 1.54 bits per heavy atom. The topological polar surface area (TPSA) is 121 Å². The first-order chi connectivity index (χ1) is 11.6. The number of aliphatic carboxylic acids is 1. The molecule has 0 aromatic heterocycles. The van der Waals surface area contributed by atoms with Crippen LogP contribution in [0.15, 0.2) is 0 Å². The third kappa shape index (κ3) is 10.9. The molecule has 0 aliphatic rings. The third-order valence-corrected chi connectivity index (χ3v) is 5.27. The maximum atomic E-state index is 12.3. The Morgan fingerprint density at radius 1 is 1.00 bits per heavy atom. The van der Waals surface area contributed by atoms with Crippen LogP contribution in [0.1, 0.15) is 85.0 Å². The zero-order valence-electron chi connectivity index (χ0n) is 16.5. The maximum Gasteiger partial charge on any atom is 1.00 e. The molecule has 0 aliphatic carbocycles. The van der Waals surface area contributed by atoms with Crippen LogP contribution in [0.3, 0.4) is 0 Å². The van der Waals surface area contributed by atoms with Gasteiger partial charge in [-0.2, -0.15) is 8.42 Å². The molecule has 7 nitrogen and oxygen atoms in total. The van der Waals surface area contributed by atoms with E-state index < -0.39 is 39.3 Å². The number of hydrogen-bond acceptors (Lipinski definition) is 6. The zero-order chi connectivity index (χ0) is 19.5. The van der Waals surface area contributed by atoms with E-state index >= 15 is 0 Å². The standard InChI is InChI=1S/C17H32O7S.Na/c1-4-7-8-9-12-17(10-5-2,11-6-3)24-16(20)14(13-15(18)19)25(21,22)23;/h14H,4-13H2,1-3H3,(H,18,19)(H,21,22,23);/q;+1/p-1. The average Bonchev–Trinajstić information content (AvgIpc) is 2.48. The molecule has 0 amide bonds. The van der Waals surface area contributed by atoms with Crippen LogP contribution in [0.2, 0.25) is 0 Å². The summed E-state index contributed by atoms with van der Waals surface area (Å²) in [7, 11) is -4.89. The van der Waals surface area contributed by atoms with E-state index in [-0.39, 0.29) is 29.6 Å². The summed E-state index contributed by atoms with van der Waals surface area (Å²) in [6.07, 6.45) is 5.97. The largest absolute Gasteiger partial charge is 1.00 e. The smallest absolute Gasteiger partial charge is 0.550 e. The summed E-state index contributed by atoms with van der Waals surface area (Å²) in [6, 6.07) is 0. The number of ether oxygens (including phenoxy) is 1. The van der Waals surface area contributed by atoms with Crippen molar-refractivity contribution >= 4 is 22.1 Å². The van der Waals surface area contributed by atoms with Crippen LogP contribution in [0.4, 0.5) is 0 Å². The first kappa shape index (κ1) is 28.1. The van der Waals surface area contributed by atoms with E-state index in [4.69, 9.17) is 4.74 Å². The fourth-order valence-electron chi connectivity index (χ4n) is 3.05. The third-order valence-electron chi connectivity index (χ3n) is 4.19. The fraction of sp³-hybridized carbons (Fsp3) is 0.882. The summed E-state index contributed by atoms with van der Waals surface area (Å²) in [5.41, 5.74) is -0.830. The van der Waals surface area contributed by atoms with Crippen molar-refractivity contribution in [2.24, 2.45) is 0 Å². The zero-order valence-corrected chi connectivity index (χ0v) is 19.3. The molecule has 0 heterocycles. The fourth-order valence-corrected chi connectivity index (χ4v) is 3.69. The van der Waals surface area contributed by atoms with Gasteiger partial charge in [-0.25, -0.2) is 0 Å². The minimum atomic E-state index is -4.89. The van der Waals surface area contributed by atoms with Gasteiger partial charge in [-0.05, 0) is 25.7 Å². The number of carboxylic acid groups (broad SMARTS) is 1. The van der Waals surface area contributed by atoms with Crippen LogP contribution >= 0.6 is 0 Å². The monoisotopic (exact) mass is 402 g/mol. The molecule has 1 N–H and O–H groups in total. The minimum absolute atomic E-state index is 0. The quantitative estimate of drug-likeness (QED) is 0.175. The van der Waals surface area contributed by atoms with Gasteiger partial charge in [0.05, 0.1) is 0 Å². The van der Waals surface area contributed by atoms with E-state index in [1.165, 1.54) is 0 Å². The molecule has 1 atom stereocenters. The van der Waals surface area contributed by atoms with Crippen LogP contribution in [-0.4, -0.2) is 35.8 Å². The van der Waals surface area contributed by atoms with E-state index in [0.717, 1.165) is 38.5 Å². The second kappa shape index (κ2) is 13.9. The molecule has 148 valence electrons. The number of esters is 1. The Balaban J connectivity index is 0. The van der Waals surface area contributed by atoms with E-state index in [2.05, 4.69) is 6.92 Å². The van der Waals surface area contributed by atoms with Crippen LogP contribution in [0.5, 0.6) is 0 Å². The van der Waals surface area contributed by atoms with Crippen molar-refractivity contribution in [1.29, 1.82) is 0 Å². The van der Waals surface area contributed by atoms with Gasteiger partial charge in [-0.15, -0.1) is 0 Å². The molecule has 0 aromatic rings. The molecular weight excluding hydrogens is 371 g/mol. The average molecular weight is 402 g/mol.